The second-order valence-electron chi connectivity index (χ2n) is 6.59. The third kappa shape index (κ3) is 4.29. The maximum atomic E-state index is 14.6. The summed E-state index contributed by atoms with van der Waals surface area (Å²) >= 11 is 0. The summed E-state index contributed by atoms with van der Waals surface area (Å²) < 4.78 is 85.0. The van der Waals surface area contributed by atoms with Crippen LogP contribution in [0.2, 0.25) is 0 Å². The Labute approximate surface area is 181 Å². The number of hydrogen-bond acceptors (Lipinski definition) is 4. The molecule has 11 heteroatoms. The highest BCUT2D eigenvalue weighted by atomic mass is 19.3. The molecule has 2 heterocycles. The molecule has 0 saturated heterocycles. The molecule has 0 atom stereocenters. The molecule has 0 saturated carbocycles. The Morgan fingerprint density at radius 2 is 1.67 bits per heavy atom. The molecule has 168 valence electrons. The Morgan fingerprint density at radius 3 is 2.36 bits per heavy atom. The number of halogens is 6. The van der Waals surface area contributed by atoms with E-state index in [1.54, 1.807) is 30.3 Å². The molecule has 0 aliphatic carbocycles. The van der Waals surface area contributed by atoms with Crippen LogP contribution in [0.3, 0.4) is 0 Å². The number of aliphatic imine (C=N–C) groups is 1. The number of ketones is 1. The Hall–Kier alpha value is -4.15. The third-order valence-corrected chi connectivity index (χ3v) is 4.57. The molecule has 5 nitrogen and oxygen atoms in total. The van der Waals surface area contributed by atoms with Crippen LogP contribution in [-0.2, 0) is 4.74 Å². The first-order valence-corrected chi connectivity index (χ1v) is 9.21. The van der Waals surface area contributed by atoms with Crippen LogP contribution < -0.4 is 0 Å². The van der Waals surface area contributed by atoms with E-state index in [-0.39, 0.29) is 11.2 Å². The second-order valence-corrected chi connectivity index (χ2v) is 6.59. The SMILES string of the molecule is O=C(c1ccccc1)c1ccc2nc(/N=C(/F)OC(F)F)c(-c3ccc(F)c(F)c3F)n2c1. The highest BCUT2D eigenvalue weighted by Gasteiger charge is 2.23. The van der Waals surface area contributed by atoms with Crippen molar-refractivity contribution in [2.75, 3.05) is 0 Å². The van der Waals surface area contributed by atoms with Gasteiger partial charge < -0.3 is 4.74 Å². The van der Waals surface area contributed by atoms with Gasteiger partial charge in [-0.2, -0.15) is 13.8 Å². The zero-order chi connectivity index (χ0) is 23.7. The van der Waals surface area contributed by atoms with E-state index in [9.17, 15) is 31.1 Å². The topological polar surface area (TPSA) is 56.0 Å². The van der Waals surface area contributed by atoms with Crippen molar-refractivity contribution >= 4 is 23.4 Å². The van der Waals surface area contributed by atoms with E-state index in [2.05, 4.69) is 14.7 Å². The molecule has 0 aliphatic rings. The lowest BCUT2D eigenvalue weighted by Crippen LogP contribution is -2.04. The van der Waals surface area contributed by atoms with Gasteiger partial charge in [0, 0.05) is 22.9 Å². The van der Waals surface area contributed by atoms with E-state index in [1.165, 1.54) is 18.3 Å². The number of fused-ring (bicyclic) bond motifs is 1. The van der Waals surface area contributed by atoms with Crippen molar-refractivity contribution in [2.24, 2.45) is 4.99 Å². The number of imidazole rings is 1. The summed E-state index contributed by atoms with van der Waals surface area (Å²) in [5.41, 5.74) is -0.615. The fourth-order valence-electron chi connectivity index (χ4n) is 3.14. The van der Waals surface area contributed by atoms with Crippen LogP contribution in [0, 0.1) is 17.5 Å². The minimum absolute atomic E-state index is 0.0117. The van der Waals surface area contributed by atoms with Crippen LogP contribution in [0.25, 0.3) is 16.9 Å². The van der Waals surface area contributed by atoms with Gasteiger partial charge in [0.25, 0.3) is 0 Å². The van der Waals surface area contributed by atoms with Gasteiger partial charge in [0.05, 0.1) is 0 Å². The summed E-state index contributed by atoms with van der Waals surface area (Å²) in [6.07, 6.45) is -0.781. The molecule has 2 aromatic heterocycles. The normalized spacial score (nSPS) is 11.9. The maximum Gasteiger partial charge on any atom is 0.390 e. The molecule has 4 aromatic rings. The molecule has 0 bridgehead atoms. The second kappa shape index (κ2) is 8.77. The molecule has 0 aliphatic heterocycles. The van der Waals surface area contributed by atoms with E-state index < -0.39 is 53.1 Å². The zero-order valence-corrected chi connectivity index (χ0v) is 16.3. The number of nitrogens with zero attached hydrogens (tertiary/aromatic N) is 3. The number of carbonyl (C=O) groups excluding carboxylic acids is 1. The van der Waals surface area contributed by atoms with Crippen LogP contribution in [-0.4, -0.2) is 27.9 Å². The largest absolute Gasteiger partial charge is 0.393 e. The summed E-state index contributed by atoms with van der Waals surface area (Å²) in [7, 11) is 0. The number of carbonyl (C=O) groups is 1. The van der Waals surface area contributed by atoms with Crippen molar-refractivity contribution in [3.8, 4) is 11.3 Å². The predicted octanol–water partition coefficient (Wildman–Crippen LogP) is 5.85. The molecule has 4 rings (SSSR count). The Morgan fingerprint density at radius 1 is 0.939 bits per heavy atom. The van der Waals surface area contributed by atoms with Crippen LogP contribution in [0.4, 0.5) is 32.2 Å². The number of rotatable bonds is 5. The quantitative estimate of drug-likeness (QED) is 0.123. The van der Waals surface area contributed by atoms with Gasteiger partial charge in [0.1, 0.15) is 11.3 Å². The average molecular weight is 463 g/mol. The van der Waals surface area contributed by atoms with Gasteiger partial charge in [-0.1, -0.05) is 30.3 Å². The summed E-state index contributed by atoms with van der Waals surface area (Å²) in [6.45, 7) is -3.54. The minimum atomic E-state index is -3.54. The summed E-state index contributed by atoms with van der Waals surface area (Å²) in [4.78, 5) is 19.9. The van der Waals surface area contributed by atoms with Gasteiger partial charge in [-0.3, -0.25) is 9.20 Å². The van der Waals surface area contributed by atoms with Crippen molar-refractivity contribution < 1.29 is 35.9 Å². The molecule has 2 aromatic carbocycles. The Bertz CT molecular complexity index is 1390. The van der Waals surface area contributed by atoms with Crippen LogP contribution >= 0.6 is 0 Å². The molecule has 33 heavy (non-hydrogen) atoms. The number of ether oxygens (including phenoxy) is 1. The van der Waals surface area contributed by atoms with E-state index >= 15 is 0 Å². The van der Waals surface area contributed by atoms with Gasteiger partial charge in [-0.15, -0.1) is 4.39 Å². The lowest BCUT2D eigenvalue weighted by Gasteiger charge is -2.08. The summed E-state index contributed by atoms with van der Waals surface area (Å²) in [5, 5.41) is 0. The van der Waals surface area contributed by atoms with Gasteiger partial charge in [-0.05, 0) is 24.3 Å². The smallest absolute Gasteiger partial charge is 0.390 e. The van der Waals surface area contributed by atoms with Gasteiger partial charge >= 0.3 is 12.8 Å². The van der Waals surface area contributed by atoms with Crippen molar-refractivity contribution in [3.63, 3.8) is 0 Å². The molecule has 0 unspecified atom stereocenters. The lowest BCUT2D eigenvalue weighted by molar-refractivity contribution is -0.0688. The molecule has 0 N–H and O–H groups in total. The van der Waals surface area contributed by atoms with Crippen molar-refractivity contribution in [1.29, 1.82) is 0 Å². The van der Waals surface area contributed by atoms with Gasteiger partial charge in [0.2, 0.25) is 0 Å². The molecule has 0 spiro atoms. The van der Waals surface area contributed by atoms with Gasteiger partial charge in [0.15, 0.2) is 29.1 Å². The number of alkyl halides is 2. The fourth-order valence-corrected chi connectivity index (χ4v) is 3.14. The maximum absolute atomic E-state index is 14.6. The number of aromatic nitrogens is 2. The highest BCUT2D eigenvalue weighted by Crippen LogP contribution is 2.35. The molecule has 0 radical (unpaired) electrons. The Balaban J connectivity index is 1.95. The standard InChI is InChI=1S/C22H11F6N3O2/c23-14-8-7-13(16(24)17(14)25)18-20(30-22(28)33-21(26)27)29-15-9-6-12(10-31(15)18)19(32)11-4-2-1-3-5-11/h1-10,21H/b30-22-. The lowest BCUT2D eigenvalue weighted by atomic mass is 10.1. The van der Waals surface area contributed by atoms with Crippen molar-refractivity contribution in [1.82, 2.24) is 9.38 Å². The first kappa shape index (κ1) is 22.1. The molecule has 0 fully saturated rings. The first-order chi connectivity index (χ1) is 15.8. The average Bonchev–Trinajstić information content (AvgIpc) is 3.14. The predicted molar refractivity (Wildman–Crippen MR) is 106 cm³/mol. The Kier molecular flexibility index (Phi) is 5.86. The number of benzene rings is 2. The third-order valence-electron chi connectivity index (χ3n) is 4.57. The molecule has 0 amide bonds. The molecular weight excluding hydrogens is 452 g/mol. The first-order valence-electron chi connectivity index (χ1n) is 9.21. The van der Waals surface area contributed by atoms with Gasteiger partial charge in [-0.25, -0.2) is 18.2 Å². The van der Waals surface area contributed by atoms with Crippen LogP contribution in [0.1, 0.15) is 15.9 Å². The zero-order valence-electron chi connectivity index (χ0n) is 16.3. The van der Waals surface area contributed by atoms with E-state index in [0.717, 1.165) is 10.5 Å². The monoisotopic (exact) mass is 463 g/mol. The summed E-state index contributed by atoms with van der Waals surface area (Å²) in [6, 6.07) is 12.3. The fraction of sp³-hybridized carbons (Fsp3) is 0.0455. The number of hydrogen-bond donors (Lipinski definition) is 0. The van der Waals surface area contributed by atoms with E-state index in [1.807, 2.05) is 0 Å². The van der Waals surface area contributed by atoms with E-state index in [4.69, 9.17) is 0 Å². The summed E-state index contributed by atoms with van der Waals surface area (Å²) in [5.74, 6) is -6.05. The van der Waals surface area contributed by atoms with Crippen LogP contribution in [0.5, 0.6) is 0 Å². The van der Waals surface area contributed by atoms with Crippen LogP contribution in [0.15, 0.2) is 65.8 Å². The number of pyridine rings is 1. The minimum Gasteiger partial charge on any atom is -0.393 e. The highest BCUT2D eigenvalue weighted by molar-refractivity contribution is 6.09. The van der Waals surface area contributed by atoms with Crippen molar-refractivity contribution in [2.45, 2.75) is 6.61 Å². The van der Waals surface area contributed by atoms with E-state index in [0.29, 0.717) is 11.6 Å². The molecular formula is C22H11F6N3O2. The van der Waals surface area contributed by atoms with Crippen molar-refractivity contribution in [3.05, 3.63) is 89.4 Å².